The molecule has 0 N–H and O–H groups in total. The topological polar surface area (TPSA) is 76.2 Å². The lowest BCUT2D eigenvalue weighted by molar-refractivity contribution is -0.0440. The summed E-state index contributed by atoms with van der Waals surface area (Å²) in [5.41, 5.74) is 1.52. The molecule has 2 unspecified atom stereocenters. The van der Waals surface area contributed by atoms with Gasteiger partial charge < -0.3 is 14.4 Å². The number of carbonyl (C=O) groups excluding carboxylic acids is 1. The first-order valence-corrected chi connectivity index (χ1v) is 12.4. The van der Waals surface area contributed by atoms with Crippen LogP contribution >= 0.6 is 0 Å². The van der Waals surface area contributed by atoms with Crippen LogP contribution in [0.3, 0.4) is 0 Å². The first-order valence-electron chi connectivity index (χ1n) is 11.0. The van der Waals surface area contributed by atoms with E-state index in [0.717, 1.165) is 24.2 Å². The molecule has 1 aliphatic heterocycles. The number of ether oxygens (including phenoxy) is 2. The summed E-state index contributed by atoms with van der Waals surface area (Å²) < 4.78 is 38.5. The zero-order valence-electron chi connectivity index (χ0n) is 18.7. The van der Waals surface area contributed by atoms with E-state index < -0.39 is 10.0 Å². The molecule has 1 amide bonds. The number of hydrogen-bond acceptors (Lipinski definition) is 5. The predicted octanol–water partition coefficient (Wildman–Crippen LogP) is 3.30. The highest BCUT2D eigenvalue weighted by atomic mass is 32.2. The lowest BCUT2D eigenvalue weighted by atomic mass is 10.1. The van der Waals surface area contributed by atoms with Crippen LogP contribution in [0.15, 0.2) is 53.4 Å². The molecule has 1 saturated heterocycles. The van der Waals surface area contributed by atoms with Gasteiger partial charge in [0.25, 0.3) is 5.91 Å². The molecule has 7 nitrogen and oxygen atoms in total. The summed E-state index contributed by atoms with van der Waals surface area (Å²) in [4.78, 5) is 15.3. The monoisotopic (exact) mass is 458 g/mol. The van der Waals surface area contributed by atoms with Crippen molar-refractivity contribution >= 4 is 15.9 Å². The van der Waals surface area contributed by atoms with E-state index in [1.165, 1.54) is 16.4 Å². The Balaban J connectivity index is 1.50. The quantitative estimate of drug-likeness (QED) is 0.636. The van der Waals surface area contributed by atoms with Crippen LogP contribution in [0, 0.1) is 0 Å². The normalized spacial score (nSPS) is 21.8. The fraction of sp³-hybridized carbons (Fsp3) is 0.458. The maximum atomic E-state index is 13.2. The second kappa shape index (κ2) is 9.21. The number of sulfonamides is 1. The van der Waals surface area contributed by atoms with Gasteiger partial charge in [-0.15, -0.1) is 0 Å². The third kappa shape index (κ3) is 4.98. The van der Waals surface area contributed by atoms with Crippen LogP contribution in [0.1, 0.15) is 42.6 Å². The van der Waals surface area contributed by atoms with Gasteiger partial charge in [-0.2, -0.15) is 4.31 Å². The molecular weight excluding hydrogens is 428 g/mol. The highest BCUT2D eigenvalue weighted by Gasteiger charge is 2.34. The summed E-state index contributed by atoms with van der Waals surface area (Å²) in [6.45, 7) is 4.90. The van der Waals surface area contributed by atoms with Crippen LogP contribution in [-0.4, -0.2) is 62.0 Å². The van der Waals surface area contributed by atoms with Crippen molar-refractivity contribution in [3.8, 4) is 5.75 Å². The number of rotatable bonds is 7. The molecule has 1 saturated carbocycles. The van der Waals surface area contributed by atoms with Gasteiger partial charge in [-0.25, -0.2) is 8.42 Å². The average Bonchev–Trinajstić information content (AvgIpc) is 3.62. The molecule has 0 aromatic heterocycles. The summed E-state index contributed by atoms with van der Waals surface area (Å²) in [7, 11) is -2.01. The van der Waals surface area contributed by atoms with E-state index in [1.54, 1.807) is 19.2 Å². The van der Waals surface area contributed by atoms with E-state index in [-0.39, 0.29) is 29.1 Å². The first kappa shape index (κ1) is 22.8. The van der Waals surface area contributed by atoms with Gasteiger partial charge in [0, 0.05) is 31.2 Å². The first-order chi connectivity index (χ1) is 15.3. The molecule has 0 bridgehead atoms. The molecule has 8 heteroatoms. The standard InChI is InChI=1S/C24H30N2O5S/c1-17-14-25(15-18(2)31-17)32(28,29)23-12-6-20(7-13-23)24(27)26(21-8-9-21)16-19-4-10-22(30-3)11-5-19/h4-7,10-13,17-18,21H,8-9,14-16H2,1-3H3. The predicted molar refractivity (Wildman–Crippen MR) is 121 cm³/mol. The fourth-order valence-corrected chi connectivity index (χ4v) is 5.68. The van der Waals surface area contributed by atoms with Crippen molar-refractivity contribution in [3.05, 3.63) is 59.7 Å². The zero-order valence-corrected chi connectivity index (χ0v) is 19.5. The minimum Gasteiger partial charge on any atom is -0.497 e. The number of hydrogen-bond donors (Lipinski definition) is 0. The van der Waals surface area contributed by atoms with Crippen molar-refractivity contribution in [1.82, 2.24) is 9.21 Å². The number of amides is 1. The maximum absolute atomic E-state index is 13.2. The van der Waals surface area contributed by atoms with Crippen molar-refractivity contribution in [2.45, 2.75) is 56.4 Å². The van der Waals surface area contributed by atoms with Crippen molar-refractivity contribution in [3.63, 3.8) is 0 Å². The lowest BCUT2D eigenvalue weighted by Crippen LogP contribution is -2.48. The Morgan fingerprint density at radius 3 is 2.16 bits per heavy atom. The largest absolute Gasteiger partial charge is 0.497 e. The highest BCUT2D eigenvalue weighted by Crippen LogP contribution is 2.30. The van der Waals surface area contributed by atoms with E-state index in [4.69, 9.17) is 9.47 Å². The second-order valence-electron chi connectivity index (χ2n) is 8.62. The Hall–Kier alpha value is -2.42. The van der Waals surface area contributed by atoms with Gasteiger partial charge in [0.2, 0.25) is 10.0 Å². The number of methoxy groups -OCH3 is 1. The molecule has 1 heterocycles. The molecule has 4 rings (SSSR count). The van der Waals surface area contributed by atoms with E-state index in [9.17, 15) is 13.2 Å². The minimum absolute atomic E-state index is 0.0825. The van der Waals surface area contributed by atoms with Gasteiger partial charge in [-0.3, -0.25) is 4.79 Å². The van der Waals surface area contributed by atoms with Gasteiger partial charge in [-0.05, 0) is 68.7 Å². The molecule has 2 aliphatic rings. The van der Waals surface area contributed by atoms with Gasteiger partial charge in [0.1, 0.15) is 5.75 Å². The van der Waals surface area contributed by atoms with Gasteiger partial charge in [0.15, 0.2) is 0 Å². The molecule has 32 heavy (non-hydrogen) atoms. The van der Waals surface area contributed by atoms with Crippen LogP contribution in [0.4, 0.5) is 0 Å². The van der Waals surface area contributed by atoms with Gasteiger partial charge in [0.05, 0.1) is 24.2 Å². The third-order valence-electron chi connectivity index (χ3n) is 5.89. The fourth-order valence-electron chi connectivity index (χ4n) is 4.09. The molecule has 2 aromatic rings. The van der Waals surface area contributed by atoms with E-state index in [1.807, 2.05) is 43.0 Å². The molecule has 2 fully saturated rings. The summed E-state index contributed by atoms with van der Waals surface area (Å²) >= 11 is 0. The SMILES string of the molecule is COc1ccc(CN(C(=O)c2ccc(S(=O)(=O)N3CC(C)OC(C)C3)cc2)C2CC2)cc1. The summed E-state index contributed by atoms with van der Waals surface area (Å²) in [6.07, 6.45) is 1.67. The number of morpholine rings is 1. The molecule has 1 aliphatic carbocycles. The molecule has 2 aromatic carbocycles. The van der Waals surface area contributed by atoms with Crippen LogP contribution in [0.2, 0.25) is 0 Å². The van der Waals surface area contributed by atoms with E-state index >= 15 is 0 Å². The van der Waals surface area contributed by atoms with E-state index in [2.05, 4.69) is 0 Å². The Bertz CT molecular complexity index is 1040. The van der Waals surface area contributed by atoms with Gasteiger partial charge >= 0.3 is 0 Å². The molecule has 0 radical (unpaired) electrons. The van der Waals surface area contributed by atoms with Crippen molar-refractivity contribution in [1.29, 1.82) is 0 Å². The Kier molecular flexibility index (Phi) is 6.55. The minimum atomic E-state index is -3.63. The lowest BCUT2D eigenvalue weighted by Gasteiger charge is -2.34. The number of carbonyl (C=O) groups is 1. The van der Waals surface area contributed by atoms with Gasteiger partial charge in [-0.1, -0.05) is 12.1 Å². The number of nitrogens with zero attached hydrogens (tertiary/aromatic N) is 2. The van der Waals surface area contributed by atoms with Crippen LogP contribution in [0.5, 0.6) is 5.75 Å². The molecule has 172 valence electrons. The van der Waals surface area contributed by atoms with Crippen LogP contribution in [-0.2, 0) is 21.3 Å². The molecule has 0 spiro atoms. The summed E-state index contributed by atoms with van der Waals surface area (Å²) in [5.74, 6) is 0.694. The summed E-state index contributed by atoms with van der Waals surface area (Å²) in [5, 5.41) is 0. The summed E-state index contributed by atoms with van der Waals surface area (Å²) in [6, 6.07) is 14.2. The third-order valence-corrected chi connectivity index (χ3v) is 7.73. The van der Waals surface area contributed by atoms with Crippen LogP contribution < -0.4 is 4.74 Å². The van der Waals surface area contributed by atoms with Crippen LogP contribution in [0.25, 0.3) is 0 Å². The van der Waals surface area contributed by atoms with Crippen molar-refractivity contribution in [2.75, 3.05) is 20.2 Å². The average molecular weight is 459 g/mol. The smallest absolute Gasteiger partial charge is 0.254 e. The van der Waals surface area contributed by atoms with Crippen molar-refractivity contribution in [2.24, 2.45) is 0 Å². The zero-order chi connectivity index (χ0) is 22.9. The van der Waals surface area contributed by atoms with E-state index in [0.29, 0.717) is 25.2 Å². The van der Waals surface area contributed by atoms with Crippen molar-refractivity contribution < 1.29 is 22.7 Å². The Morgan fingerprint density at radius 2 is 1.62 bits per heavy atom. The Morgan fingerprint density at radius 1 is 1.03 bits per heavy atom. The maximum Gasteiger partial charge on any atom is 0.254 e. The number of benzene rings is 2. The second-order valence-corrected chi connectivity index (χ2v) is 10.6. The molecule has 2 atom stereocenters. The highest BCUT2D eigenvalue weighted by molar-refractivity contribution is 7.89. The molecular formula is C24H30N2O5S. The Labute approximate surface area is 190 Å².